The van der Waals surface area contributed by atoms with Crippen molar-refractivity contribution in [3.05, 3.63) is 34.3 Å². The molecule has 1 fully saturated rings. The van der Waals surface area contributed by atoms with Crippen LogP contribution >= 0.6 is 15.9 Å². The minimum atomic E-state index is -0.730. The maximum absolute atomic E-state index is 10.6. The number of carboxylic acid groups (broad SMARTS) is 1. The summed E-state index contributed by atoms with van der Waals surface area (Å²) in [6, 6.07) is 8.45. The monoisotopic (exact) mass is 297 g/mol. The normalized spacial score (nSPS) is 18.2. The Bertz CT molecular complexity index is 383. The van der Waals surface area contributed by atoms with Crippen LogP contribution in [0.1, 0.15) is 24.3 Å². The highest BCUT2D eigenvalue weighted by Gasteiger charge is 2.21. The van der Waals surface area contributed by atoms with Crippen LogP contribution in [0.5, 0.6) is 0 Å². The molecular weight excluding hydrogens is 282 g/mol. The quantitative estimate of drug-likeness (QED) is 0.932. The van der Waals surface area contributed by atoms with Crippen molar-refractivity contribution in [3.63, 3.8) is 0 Å². The first-order chi connectivity index (χ1) is 8.15. The number of benzene rings is 1. The van der Waals surface area contributed by atoms with E-state index in [4.69, 9.17) is 5.11 Å². The van der Waals surface area contributed by atoms with Gasteiger partial charge in [0, 0.05) is 4.47 Å². The van der Waals surface area contributed by atoms with Gasteiger partial charge < -0.3 is 5.11 Å². The third-order valence-electron chi connectivity index (χ3n) is 3.29. The van der Waals surface area contributed by atoms with Gasteiger partial charge in [0.25, 0.3) is 0 Å². The molecule has 1 heterocycles. The van der Waals surface area contributed by atoms with Crippen LogP contribution in [0.15, 0.2) is 28.7 Å². The Morgan fingerprint density at radius 3 is 2.41 bits per heavy atom. The molecule has 1 N–H and O–H groups in total. The van der Waals surface area contributed by atoms with Crippen molar-refractivity contribution in [1.29, 1.82) is 0 Å². The SMILES string of the molecule is O=C(O)CN1CCC(c2ccc(Br)cc2)CC1. The number of aliphatic carboxylic acids is 1. The molecule has 0 saturated carbocycles. The Kier molecular flexibility index (Phi) is 4.18. The molecule has 92 valence electrons. The van der Waals surface area contributed by atoms with Crippen molar-refractivity contribution in [3.8, 4) is 0 Å². The molecule has 1 aliphatic rings. The summed E-state index contributed by atoms with van der Waals surface area (Å²) in [7, 11) is 0. The number of halogens is 1. The van der Waals surface area contributed by atoms with E-state index < -0.39 is 5.97 Å². The standard InChI is InChI=1S/C13H16BrNO2/c14-12-3-1-10(2-4-12)11-5-7-15(8-6-11)9-13(16)17/h1-4,11H,5-9H2,(H,16,17). The van der Waals surface area contributed by atoms with Crippen molar-refractivity contribution in [2.75, 3.05) is 19.6 Å². The first-order valence-electron chi connectivity index (χ1n) is 5.85. The highest BCUT2D eigenvalue weighted by Crippen LogP contribution is 2.28. The van der Waals surface area contributed by atoms with E-state index in [1.54, 1.807) is 0 Å². The Balaban J connectivity index is 1.90. The first kappa shape index (κ1) is 12.6. The third kappa shape index (κ3) is 3.54. The molecule has 0 radical (unpaired) electrons. The van der Waals surface area contributed by atoms with E-state index in [0.717, 1.165) is 30.4 Å². The molecule has 4 heteroatoms. The summed E-state index contributed by atoms with van der Waals surface area (Å²) in [4.78, 5) is 12.6. The zero-order chi connectivity index (χ0) is 12.3. The van der Waals surface area contributed by atoms with Gasteiger partial charge in [-0.25, -0.2) is 0 Å². The van der Waals surface area contributed by atoms with Crippen LogP contribution in [0.25, 0.3) is 0 Å². The molecular formula is C13H16BrNO2. The van der Waals surface area contributed by atoms with Gasteiger partial charge in [0.2, 0.25) is 0 Å². The molecule has 1 saturated heterocycles. The number of carboxylic acids is 1. The van der Waals surface area contributed by atoms with Gasteiger partial charge in [-0.15, -0.1) is 0 Å². The van der Waals surface area contributed by atoms with E-state index in [-0.39, 0.29) is 6.54 Å². The number of hydrogen-bond acceptors (Lipinski definition) is 2. The fourth-order valence-corrected chi connectivity index (χ4v) is 2.61. The van der Waals surface area contributed by atoms with Crippen LogP contribution in [0.4, 0.5) is 0 Å². The highest BCUT2D eigenvalue weighted by atomic mass is 79.9. The second kappa shape index (κ2) is 5.65. The summed E-state index contributed by atoms with van der Waals surface area (Å²) < 4.78 is 1.10. The van der Waals surface area contributed by atoms with Crippen LogP contribution in [0.3, 0.4) is 0 Å². The van der Waals surface area contributed by atoms with Gasteiger partial charge in [0.05, 0.1) is 6.54 Å². The topological polar surface area (TPSA) is 40.5 Å². The molecule has 0 bridgehead atoms. The van der Waals surface area contributed by atoms with Gasteiger partial charge in [0.15, 0.2) is 0 Å². The molecule has 1 aliphatic heterocycles. The van der Waals surface area contributed by atoms with E-state index in [2.05, 4.69) is 40.2 Å². The lowest BCUT2D eigenvalue weighted by molar-refractivity contribution is -0.138. The number of hydrogen-bond donors (Lipinski definition) is 1. The molecule has 17 heavy (non-hydrogen) atoms. The maximum Gasteiger partial charge on any atom is 0.317 e. The second-order valence-corrected chi connectivity index (χ2v) is 5.41. The van der Waals surface area contributed by atoms with Crippen LogP contribution in [0, 0.1) is 0 Å². The summed E-state index contributed by atoms with van der Waals surface area (Å²) in [5, 5.41) is 8.73. The predicted octanol–water partition coefficient (Wildman–Crippen LogP) is 2.71. The summed E-state index contributed by atoms with van der Waals surface area (Å²) >= 11 is 3.43. The van der Waals surface area contributed by atoms with Crippen molar-refractivity contribution in [2.45, 2.75) is 18.8 Å². The minimum absolute atomic E-state index is 0.174. The average Bonchev–Trinajstić information content (AvgIpc) is 2.30. The summed E-state index contributed by atoms with van der Waals surface area (Å²) in [5.74, 6) is -0.153. The lowest BCUT2D eigenvalue weighted by Gasteiger charge is -2.31. The van der Waals surface area contributed by atoms with Gasteiger partial charge in [-0.05, 0) is 49.5 Å². The maximum atomic E-state index is 10.6. The molecule has 2 rings (SSSR count). The fraction of sp³-hybridized carbons (Fsp3) is 0.462. The number of piperidine rings is 1. The summed E-state index contributed by atoms with van der Waals surface area (Å²) in [6.45, 7) is 1.94. The summed E-state index contributed by atoms with van der Waals surface area (Å²) in [5.41, 5.74) is 1.36. The van der Waals surface area contributed by atoms with E-state index in [1.165, 1.54) is 5.56 Å². The Morgan fingerprint density at radius 2 is 1.88 bits per heavy atom. The van der Waals surface area contributed by atoms with Crippen LogP contribution in [0.2, 0.25) is 0 Å². The van der Waals surface area contributed by atoms with Gasteiger partial charge in [-0.2, -0.15) is 0 Å². The molecule has 0 aliphatic carbocycles. The second-order valence-electron chi connectivity index (χ2n) is 4.50. The molecule has 3 nitrogen and oxygen atoms in total. The van der Waals surface area contributed by atoms with Gasteiger partial charge in [-0.3, -0.25) is 9.69 Å². The lowest BCUT2D eigenvalue weighted by atomic mass is 9.89. The van der Waals surface area contributed by atoms with Gasteiger partial charge >= 0.3 is 5.97 Å². The van der Waals surface area contributed by atoms with E-state index in [1.807, 2.05) is 4.90 Å². The van der Waals surface area contributed by atoms with Crippen molar-refractivity contribution in [1.82, 2.24) is 4.90 Å². The Hall–Kier alpha value is -0.870. The fourth-order valence-electron chi connectivity index (χ4n) is 2.35. The Labute approximate surface area is 110 Å². The predicted molar refractivity (Wildman–Crippen MR) is 70.2 cm³/mol. The molecule has 0 aromatic heterocycles. The van der Waals surface area contributed by atoms with Crippen molar-refractivity contribution < 1.29 is 9.90 Å². The number of carbonyl (C=O) groups is 1. The molecule has 0 amide bonds. The molecule has 1 aromatic carbocycles. The van der Waals surface area contributed by atoms with Crippen LogP contribution < -0.4 is 0 Å². The van der Waals surface area contributed by atoms with Crippen LogP contribution in [-0.4, -0.2) is 35.6 Å². The number of nitrogens with zero attached hydrogens (tertiary/aromatic N) is 1. The average molecular weight is 298 g/mol. The van der Waals surface area contributed by atoms with Gasteiger partial charge in [-0.1, -0.05) is 28.1 Å². The van der Waals surface area contributed by atoms with Gasteiger partial charge in [0.1, 0.15) is 0 Å². The number of rotatable bonds is 3. The van der Waals surface area contributed by atoms with E-state index in [9.17, 15) is 4.79 Å². The largest absolute Gasteiger partial charge is 0.480 e. The minimum Gasteiger partial charge on any atom is -0.480 e. The first-order valence-corrected chi connectivity index (χ1v) is 6.64. The van der Waals surface area contributed by atoms with Crippen LogP contribution in [-0.2, 0) is 4.79 Å². The molecule has 0 atom stereocenters. The van der Waals surface area contributed by atoms with Crippen molar-refractivity contribution >= 4 is 21.9 Å². The summed E-state index contributed by atoms with van der Waals surface area (Å²) in [6.07, 6.45) is 2.10. The third-order valence-corrected chi connectivity index (χ3v) is 3.82. The molecule has 0 spiro atoms. The molecule has 1 aromatic rings. The zero-order valence-electron chi connectivity index (χ0n) is 9.60. The highest BCUT2D eigenvalue weighted by molar-refractivity contribution is 9.10. The molecule has 0 unspecified atom stereocenters. The zero-order valence-corrected chi connectivity index (χ0v) is 11.2. The lowest BCUT2D eigenvalue weighted by Crippen LogP contribution is -2.36. The number of likely N-dealkylation sites (tertiary alicyclic amines) is 1. The van der Waals surface area contributed by atoms with Crippen molar-refractivity contribution in [2.24, 2.45) is 0 Å². The smallest absolute Gasteiger partial charge is 0.317 e. The van der Waals surface area contributed by atoms with E-state index >= 15 is 0 Å². The van der Waals surface area contributed by atoms with E-state index in [0.29, 0.717) is 5.92 Å². The Morgan fingerprint density at radius 1 is 1.29 bits per heavy atom.